The maximum atomic E-state index is 13.9. The Balaban J connectivity index is 1.32. The van der Waals surface area contributed by atoms with E-state index in [0.29, 0.717) is 39.6 Å². The molecule has 48 heavy (non-hydrogen) atoms. The van der Waals surface area contributed by atoms with Crippen molar-refractivity contribution in [3.8, 4) is 0 Å². The number of carbonyl (C=O) groups excluding carboxylic acids is 3. The maximum absolute atomic E-state index is 13.9. The first kappa shape index (κ1) is 33.8. The van der Waals surface area contributed by atoms with E-state index in [9.17, 15) is 24.5 Å². The highest BCUT2D eigenvalue weighted by molar-refractivity contribution is 9.10. The van der Waals surface area contributed by atoms with Gasteiger partial charge < -0.3 is 30.5 Å². The SMILES string of the molecule is CNc1cncc(C(=O)N2C[C@H](Nc3c(C(=O)N4C[C@@H](C)O[C@@H](C)C4)cc(Br)cc3[N+](=O)[O-])C[C@H]2C(=O)Nc2nn(C3CC3)cc2Br)c1. The maximum Gasteiger partial charge on any atom is 0.294 e. The van der Waals surface area contributed by atoms with Gasteiger partial charge in [0.05, 0.1) is 44.5 Å². The van der Waals surface area contributed by atoms with E-state index in [0.717, 1.165) is 12.8 Å². The van der Waals surface area contributed by atoms with Crippen LogP contribution >= 0.6 is 31.9 Å². The second kappa shape index (κ2) is 13.8. The summed E-state index contributed by atoms with van der Waals surface area (Å²) in [5.41, 5.74) is 0.686. The molecule has 3 aliphatic rings. The van der Waals surface area contributed by atoms with Gasteiger partial charge in [0.15, 0.2) is 5.82 Å². The van der Waals surface area contributed by atoms with E-state index in [-0.39, 0.29) is 47.7 Å². The van der Waals surface area contributed by atoms with Crippen LogP contribution in [0.4, 0.5) is 22.9 Å². The number of nitro groups is 1. The number of anilines is 3. The number of carbonyl (C=O) groups is 3. The third-order valence-corrected chi connectivity index (χ3v) is 9.59. The van der Waals surface area contributed by atoms with Gasteiger partial charge >= 0.3 is 0 Å². The summed E-state index contributed by atoms with van der Waals surface area (Å²) in [6.07, 6.45) is 6.51. The van der Waals surface area contributed by atoms with Crippen LogP contribution in [0.2, 0.25) is 0 Å². The van der Waals surface area contributed by atoms with E-state index in [1.54, 1.807) is 35.0 Å². The number of nitrogens with one attached hydrogen (secondary N) is 3. The fourth-order valence-corrected chi connectivity index (χ4v) is 7.06. The molecule has 2 aliphatic heterocycles. The molecule has 3 amide bonds. The molecule has 0 radical (unpaired) electrons. The summed E-state index contributed by atoms with van der Waals surface area (Å²) >= 11 is 6.81. The molecule has 3 N–H and O–H groups in total. The van der Waals surface area contributed by atoms with Gasteiger partial charge in [0, 0.05) is 61.9 Å². The lowest BCUT2D eigenvalue weighted by molar-refractivity contribution is -0.384. The number of benzene rings is 1. The highest BCUT2D eigenvalue weighted by Gasteiger charge is 2.42. The summed E-state index contributed by atoms with van der Waals surface area (Å²) in [5, 5.41) is 25.9. The van der Waals surface area contributed by atoms with Crippen LogP contribution in [0.15, 0.2) is 45.7 Å². The van der Waals surface area contributed by atoms with Crippen molar-refractivity contribution in [2.75, 3.05) is 42.6 Å². The molecule has 4 atom stereocenters. The van der Waals surface area contributed by atoms with Gasteiger partial charge in [-0.1, -0.05) is 15.9 Å². The largest absolute Gasteiger partial charge is 0.387 e. The molecular weight excluding hydrogens is 754 g/mol. The first-order chi connectivity index (χ1) is 22.9. The average molecular weight is 789 g/mol. The third kappa shape index (κ3) is 7.17. The molecule has 1 aromatic carbocycles. The number of rotatable bonds is 9. The van der Waals surface area contributed by atoms with Crippen LogP contribution in [0.25, 0.3) is 0 Å². The molecule has 4 heterocycles. The molecule has 6 rings (SSSR count). The minimum absolute atomic E-state index is 0.0169. The first-order valence-electron chi connectivity index (χ1n) is 15.6. The van der Waals surface area contributed by atoms with Gasteiger partial charge in [0.1, 0.15) is 11.7 Å². The number of nitrogens with zero attached hydrogens (tertiary/aromatic N) is 6. The van der Waals surface area contributed by atoms with E-state index >= 15 is 0 Å². The number of pyridine rings is 1. The van der Waals surface area contributed by atoms with Crippen LogP contribution in [0.1, 0.15) is 59.9 Å². The number of morpholine rings is 1. The van der Waals surface area contributed by atoms with Gasteiger partial charge in [0.25, 0.3) is 17.5 Å². The Morgan fingerprint density at radius 3 is 2.44 bits per heavy atom. The Hall–Kier alpha value is -4.09. The summed E-state index contributed by atoms with van der Waals surface area (Å²) in [6, 6.07) is 3.20. The molecule has 1 saturated carbocycles. The Morgan fingerprint density at radius 1 is 1.04 bits per heavy atom. The molecule has 2 aromatic heterocycles. The van der Waals surface area contributed by atoms with Crippen LogP contribution in [0.3, 0.4) is 0 Å². The number of hydrogen-bond acceptors (Lipinski definition) is 10. The predicted octanol–water partition coefficient (Wildman–Crippen LogP) is 4.67. The molecule has 1 aliphatic carbocycles. The number of aromatic nitrogens is 3. The van der Waals surface area contributed by atoms with Gasteiger partial charge in [0.2, 0.25) is 5.91 Å². The van der Waals surface area contributed by atoms with Gasteiger partial charge in [-0.3, -0.25) is 34.2 Å². The van der Waals surface area contributed by atoms with E-state index in [1.807, 2.05) is 20.0 Å². The van der Waals surface area contributed by atoms with E-state index in [2.05, 4.69) is 57.9 Å². The second-order valence-electron chi connectivity index (χ2n) is 12.4. The van der Waals surface area contributed by atoms with Crippen molar-refractivity contribution in [2.45, 2.75) is 63.4 Å². The van der Waals surface area contributed by atoms with Crippen molar-refractivity contribution in [3.63, 3.8) is 0 Å². The Bertz CT molecular complexity index is 1760. The van der Waals surface area contributed by atoms with Crippen molar-refractivity contribution in [3.05, 3.63) is 67.0 Å². The Labute approximate surface area is 293 Å². The number of amides is 3. The number of likely N-dealkylation sites (tertiary alicyclic amines) is 1. The summed E-state index contributed by atoms with van der Waals surface area (Å²) in [7, 11) is 1.71. The Morgan fingerprint density at radius 2 is 1.77 bits per heavy atom. The number of ether oxygens (including phenoxy) is 1. The molecule has 3 aromatic rings. The van der Waals surface area contributed by atoms with Gasteiger partial charge in [-0.05, 0) is 61.2 Å². The summed E-state index contributed by atoms with van der Waals surface area (Å²) in [6.45, 7) is 4.39. The van der Waals surface area contributed by atoms with Crippen molar-refractivity contribution in [2.24, 2.45) is 0 Å². The summed E-state index contributed by atoms with van der Waals surface area (Å²) in [4.78, 5) is 60.7. The molecule has 17 heteroatoms. The first-order valence-corrected chi connectivity index (χ1v) is 17.2. The van der Waals surface area contributed by atoms with Crippen LogP contribution in [0.5, 0.6) is 0 Å². The van der Waals surface area contributed by atoms with Gasteiger partial charge in [-0.2, -0.15) is 5.10 Å². The van der Waals surface area contributed by atoms with E-state index in [4.69, 9.17) is 4.74 Å². The monoisotopic (exact) mass is 787 g/mol. The molecule has 15 nitrogen and oxygen atoms in total. The van der Waals surface area contributed by atoms with Crippen LogP contribution in [-0.4, -0.2) is 98.2 Å². The standard InChI is InChI=1S/C31H35Br2N9O6/c1-16-12-39(13-17(2)48-16)31(45)23-7-19(32)8-25(42(46)47)27(23)36-21-9-26(29(43)37-28-24(33)15-41(38-28)22-4-5-22)40(14-21)30(44)18-6-20(34-3)11-35-10-18/h6-8,10-11,15-17,21-22,26,34,36H,4-5,9,12-14H2,1-3H3,(H,37,38,43)/t16-,17+,21-,26+/m1/s1. The van der Waals surface area contributed by atoms with E-state index in [1.165, 1.54) is 17.2 Å². The second-order valence-corrected chi connectivity index (χ2v) is 14.1. The lowest BCUT2D eigenvalue weighted by atomic mass is 10.1. The topological polar surface area (TPSA) is 177 Å². The minimum atomic E-state index is -0.971. The molecular formula is C31H35Br2N9O6. The molecule has 2 saturated heterocycles. The average Bonchev–Trinajstić information content (AvgIpc) is 3.72. The van der Waals surface area contributed by atoms with Crippen molar-refractivity contribution in [1.29, 1.82) is 0 Å². The predicted molar refractivity (Wildman–Crippen MR) is 184 cm³/mol. The fraction of sp³-hybridized carbons (Fsp3) is 0.452. The van der Waals surface area contributed by atoms with Crippen molar-refractivity contribution in [1.82, 2.24) is 24.6 Å². The molecule has 3 fully saturated rings. The van der Waals surface area contributed by atoms with Gasteiger partial charge in [-0.15, -0.1) is 0 Å². The lowest BCUT2D eigenvalue weighted by Crippen LogP contribution is -2.48. The van der Waals surface area contributed by atoms with E-state index < -0.39 is 34.7 Å². The minimum Gasteiger partial charge on any atom is -0.387 e. The highest BCUT2D eigenvalue weighted by atomic mass is 79.9. The van der Waals surface area contributed by atoms with Crippen LogP contribution in [-0.2, 0) is 9.53 Å². The molecule has 0 unspecified atom stereocenters. The lowest BCUT2D eigenvalue weighted by Gasteiger charge is -2.35. The molecule has 254 valence electrons. The van der Waals surface area contributed by atoms with Crippen molar-refractivity contribution < 1.29 is 24.0 Å². The smallest absolute Gasteiger partial charge is 0.294 e. The molecule has 0 spiro atoms. The Kier molecular flexibility index (Phi) is 9.71. The third-order valence-electron chi connectivity index (χ3n) is 8.55. The highest BCUT2D eigenvalue weighted by Crippen LogP contribution is 2.38. The number of nitro benzene ring substituents is 1. The zero-order valence-corrected chi connectivity index (χ0v) is 29.7. The summed E-state index contributed by atoms with van der Waals surface area (Å²) < 4.78 is 8.57. The van der Waals surface area contributed by atoms with Crippen molar-refractivity contribution >= 4 is 72.5 Å². The zero-order chi connectivity index (χ0) is 34.3. The fourth-order valence-electron chi connectivity index (χ4n) is 6.23. The number of halogens is 2. The number of hydrogen-bond donors (Lipinski definition) is 3. The normalized spacial score (nSPS) is 22.4. The zero-order valence-electron chi connectivity index (χ0n) is 26.5. The van der Waals surface area contributed by atoms with Crippen LogP contribution < -0.4 is 16.0 Å². The van der Waals surface area contributed by atoms with Gasteiger partial charge in [-0.25, -0.2) is 0 Å². The quantitative estimate of drug-likeness (QED) is 0.204. The molecule has 0 bridgehead atoms. The summed E-state index contributed by atoms with van der Waals surface area (Å²) in [5.74, 6) is -0.968. The van der Waals surface area contributed by atoms with Crippen LogP contribution in [0, 0.1) is 10.1 Å².